The van der Waals surface area contributed by atoms with E-state index >= 15 is 0 Å². The highest BCUT2D eigenvalue weighted by Gasteiger charge is 2.08. The fraction of sp³-hybridized carbons (Fsp3) is 0.273. The summed E-state index contributed by atoms with van der Waals surface area (Å²) in [6.07, 6.45) is 0.811. The molecule has 0 saturated heterocycles. The maximum Gasteiger partial charge on any atom is 0.199 e. The summed E-state index contributed by atoms with van der Waals surface area (Å²) in [5, 5.41) is 6.98. The van der Waals surface area contributed by atoms with Gasteiger partial charge in [0.1, 0.15) is 11.6 Å². The minimum atomic E-state index is 0.589. The highest BCUT2D eigenvalue weighted by molar-refractivity contribution is 9.10. The second kappa shape index (κ2) is 5.01. The van der Waals surface area contributed by atoms with Crippen LogP contribution in [0.4, 0.5) is 0 Å². The largest absolute Gasteiger partial charge is 0.495 e. The van der Waals surface area contributed by atoms with Crippen LogP contribution in [0.1, 0.15) is 12.7 Å². The van der Waals surface area contributed by atoms with Gasteiger partial charge in [-0.15, -0.1) is 0 Å². The van der Waals surface area contributed by atoms with Crippen LogP contribution < -0.4 is 4.74 Å². The number of aryl methyl sites for hydroxylation is 1. The monoisotopic (exact) mass is 313 g/mol. The van der Waals surface area contributed by atoms with Crippen molar-refractivity contribution in [2.24, 2.45) is 0 Å². The molecule has 0 fully saturated rings. The zero-order valence-electron chi connectivity index (χ0n) is 9.53. The fourth-order valence-corrected chi connectivity index (χ4v) is 2.29. The molecule has 0 radical (unpaired) electrons. The Balaban J connectivity index is 2.60. The number of nitrogens with one attached hydrogen (secondary N) is 1. The van der Waals surface area contributed by atoms with Gasteiger partial charge in [0.2, 0.25) is 0 Å². The minimum absolute atomic E-state index is 0.589. The van der Waals surface area contributed by atoms with E-state index in [2.05, 4.69) is 26.1 Å². The summed E-state index contributed by atoms with van der Waals surface area (Å²) in [6.45, 7) is 2.04. The highest BCUT2D eigenvalue weighted by atomic mass is 79.9. The molecule has 0 aliphatic rings. The summed E-state index contributed by atoms with van der Waals surface area (Å²) in [7, 11) is 1.64. The molecule has 0 unspecified atom stereocenters. The summed E-state index contributed by atoms with van der Waals surface area (Å²) in [4.78, 5) is 0. The Morgan fingerprint density at radius 2 is 2.29 bits per heavy atom. The number of benzene rings is 1. The first kappa shape index (κ1) is 12.3. The molecule has 0 spiro atoms. The number of H-pyrrole nitrogens is 1. The SMILES string of the molecule is CCc1n[nH]c(=S)n1-c1ccc(Br)c(OC)c1. The van der Waals surface area contributed by atoms with Crippen molar-refractivity contribution in [1.29, 1.82) is 0 Å². The van der Waals surface area contributed by atoms with Crippen molar-refractivity contribution < 1.29 is 4.74 Å². The summed E-state index contributed by atoms with van der Waals surface area (Å²) < 4.78 is 8.68. The zero-order valence-corrected chi connectivity index (χ0v) is 11.9. The van der Waals surface area contributed by atoms with Crippen molar-refractivity contribution in [3.05, 3.63) is 33.3 Å². The Hall–Kier alpha value is -1.14. The lowest BCUT2D eigenvalue weighted by Crippen LogP contribution is -2.00. The van der Waals surface area contributed by atoms with E-state index in [1.807, 2.05) is 29.7 Å². The van der Waals surface area contributed by atoms with Crippen LogP contribution in [0.25, 0.3) is 5.69 Å². The molecule has 17 heavy (non-hydrogen) atoms. The van der Waals surface area contributed by atoms with Gasteiger partial charge in [0.25, 0.3) is 0 Å². The Kier molecular flexibility index (Phi) is 3.63. The molecule has 0 amide bonds. The first-order chi connectivity index (χ1) is 8.17. The van der Waals surface area contributed by atoms with E-state index in [0.717, 1.165) is 28.2 Å². The van der Waals surface area contributed by atoms with Crippen molar-refractivity contribution >= 4 is 28.1 Å². The molecule has 6 heteroatoms. The molecule has 2 rings (SSSR count). The van der Waals surface area contributed by atoms with Gasteiger partial charge in [0.05, 0.1) is 17.3 Å². The molecule has 0 bridgehead atoms. The highest BCUT2D eigenvalue weighted by Crippen LogP contribution is 2.27. The molecular weight excluding hydrogens is 302 g/mol. The maximum atomic E-state index is 5.27. The predicted molar refractivity (Wildman–Crippen MR) is 72.4 cm³/mol. The lowest BCUT2D eigenvalue weighted by atomic mass is 10.3. The average Bonchev–Trinajstić information content (AvgIpc) is 2.71. The second-order valence-corrected chi connectivity index (χ2v) is 4.69. The maximum absolute atomic E-state index is 5.27. The smallest absolute Gasteiger partial charge is 0.199 e. The van der Waals surface area contributed by atoms with Crippen molar-refractivity contribution in [3.8, 4) is 11.4 Å². The zero-order chi connectivity index (χ0) is 12.4. The van der Waals surface area contributed by atoms with Crippen LogP contribution in [0.15, 0.2) is 22.7 Å². The third-order valence-corrected chi connectivity index (χ3v) is 3.38. The van der Waals surface area contributed by atoms with Crippen molar-refractivity contribution in [3.63, 3.8) is 0 Å². The molecule has 0 atom stereocenters. The molecule has 2 aromatic rings. The van der Waals surface area contributed by atoms with Crippen molar-refractivity contribution in [2.75, 3.05) is 7.11 Å². The third kappa shape index (κ3) is 2.28. The van der Waals surface area contributed by atoms with E-state index in [9.17, 15) is 0 Å². The summed E-state index contributed by atoms with van der Waals surface area (Å²) >= 11 is 8.65. The number of nitrogens with zero attached hydrogens (tertiary/aromatic N) is 2. The molecule has 0 aliphatic heterocycles. The summed E-state index contributed by atoms with van der Waals surface area (Å²) in [5.41, 5.74) is 0.945. The molecule has 0 saturated carbocycles. The van der Waals surface area contributed by atoms with Crippen LogP contribution in [-0.2, 0) is 6.42 Å². The van der Waals surface area contributed by atoms with Gasteiger partial charge in [-0.1, -0.05) is 6.92 Å². The second-order valence-electron chi connectivity index (χ2n) is 3.45. The molecule has 1 aromatic heterocycles. The number of aromatic nitrogens is 3. The predicted octanol–water partition coefficient (Wildman–Crippen LogP) is 3.26. The number of rotatable bonds is 3. The van der Waals surface area contributed by atoms with Crippen LogP contribution >= 0.6 is 28.1 Å². The summed E-state index contributed by atoms with van der Waals surface area (Å²) in [5.74, 6) is 1.67. The number of hydrogen-bond donors (Lipinski definition) is 1. The Labute approximate surface area is 113 Å². The van der Waals surface area contributed by atoms with Gasteiger partial charge in [-0.25, -0.2) is 0 Å². The lowest BCUT2D eigenvalue weighted by molar-refractivity contribution is 0.412. The molecular formula is C11H12BrN3OS. The van der Waals surface area contributed by atoms with Crippen molar-refractivity contribution in [1.82, 2.24) is 14.8 Å². The number of hydrogen-bond acceptors (Lipinski definition) is 3. The van der Waals surface area contributed by atoms with Crippen LogP contribution in [-0.4, -0.2) is 21.9 Å². The number of halogens is 1. The van der Waals surface area contributed by atoms with E-state index in [1.165, 1.54) is 0 Å². The van der Waals surface area contributed by atoms with Crippen LogP contribution in [0.3, 0.4) is 0 Å². The number of ether oxygens (including phenoxy) is 1. The normalized spacial score (nSPS) is 10.5. The number of aromatic amines is 1. The van der Waals surface area contributed by atoms with Crippen LogP contribution in [0, 0.1) is 4.77 Å². The van der Waals surface area contributed by atoms with Gasteiger partial charge in [0.15, 0.2) is 4.77 Å². The summed E-state index contributed by atoms with van der Waals surface area (Å²) in [6, 6.07) is 5.83. The average molecular weight is 314 g/mol. The lowest BCUT2D eigenvalue weighted by Gasteiger charge is -2.08. The van der Waals surface area contributed by atoms with E-state index < -0.39 is 0 Å². The molecule has 1 heterocycles. The van der Waals surface area contributed by atoms with Gasteiger partial charge in [-0.2, -0.15) is 5.10 Å². The third-order valence-electron chi connectivity index (χ3n) is 2.45. The number of methoxy groups -OCH3 is 1. The van der Waals surface area contributed by atoms with Crippen LogP contribution in [0.2, 0.25) is 0 Å². The van der Waals surface area contributed by atoms with E-state index in [4.69, 9.17) is 17.0 Å². The van der Waals surface area contributed by atoms with E-state index in [1.54, 1.807) is 7.11 Å². The van der Waals surface area contributed by atoms with E-state index in [-0.39, 0.29) is 0 Å². The Morgan fingerprint density at radius 3 is 2.94 bits per heavy atom. The van der Waals surface area contributed by atoms with Crippen LogP contribution in [0.5, 0.6) is 5.75 Å². The molecule has 4 nitrogen and oxygen atoms in total. The quantitative estimate of drug-likeness (QED) is 0.884. The van der Waals surface area contributed by atoms with Gasteiger partial charge < -0.3 is 4.74 Å². The minimum Gasteiger partial charge on any atom is -0.495 e. The van der Waals surface area contributed by atoms with Gasteiger partial charge in [0, 0.05) is 12.5 Å². The molecule has 90 valence electrons. The first-order valence-electron chi connectivity index (χ1n) is 5.17. The molecule has 1 N–H and O–H groups in total. The first-order valence-corrected chi connectivity index (χ1v) is 6.37. The van der Waals surface area contributed by atoms with E-state index in [0.29, 0.717) is 4.77 Å². The molecule has 1 aromatic carbocycles. The Bertz CT molecular complexity index is 591. The standard InChI is InChI=1S/C11H12BrN3OS/c1-3-10-13-14-11(17)15(10)7-4-5-8(12)9(6-7)16-2/h4-6H,3H2,1-2H3,(H,14,17). The Morgan fingerprint density at radius 1 is 1.53 bits per heavy atom. The van der Waals surface area contributed by atoms with Gasteiger partial charge >= 0.3 is 0 Å². The molecule has 0 aliphatic carbocycles. The van der Waals surface area contributed by atoms with Crippen molar-refractivity contribution in [2.45, 2.75) is 13.3 Å². The topological polar surface area (TPSA) is 42.8 Å². The fourth-order valence-electron chi connectivity index (χ4n) is 1.62. The van der Waals surface area contributed by atoms with Gasteiger partial charge in [-0.3, -0.25) is 9.67 Å². The van der Waals surface area contributed by atoms with Gasteiger partial charge in [-0.05, 0) is 40.3 Å².